The first-order valence-electron chi connectivity index (χ1n) is 4.81. The second kappa shape index (κ2) is 5.96. The second-order valence-corrected chi connectivity index (χ2v) is 5.05. The van der Waals surface area contributed by atoms with E-state index < -0.39 is 10.0 Å². The predicted molar refractivity (Wildman–Crippen MR) is 60.9 cm³/mol. The van der Waals surface area contributed by atoms with Gasteiger partial charge in [-0.05, 0) is 0 Å². The first-order valence-corrected chi connectivity index (χ1v) is 6.29. The Morgan fingerprint density at radius 3 is 2.76 bits per heavy atom. The average molecular weight is 264 g/mol. The Balaban J connectivity index is 2.65. The first-order chi connectivity index (χ1) is 8.01. The summed E-state index contributed by atoms with van der Waals surface area (Å²) in [6.07, 6.45) is 0.790. The van der Waals surface area contributed by atoms with Crippen molar-refractivity contribution in [3.8, 4) is 0 Å². The van der Waals surface area contributed by atoms with Gasteiger partial charge in [-0.2, -0.15) is 5.10 Å². The Kier molecular flexibility index (Phi) is 4.87. The lowest BCUT2D eigenvalue weighted by molar-refractivity contribution is 0.0320. The van der Waals surface area contributed by atoms with Gasteiger partial charge in [-0.25, -0.2) is 13.1 Å². The minimum absolute atomic E-state index is 0.00166. The van der Waals surface area contributed by atoms with Crippen LogP contribution in [0.25, 0.3) is 0 Å². The van der Waals surface area contributed by atoms with Crippen LogP contribution < -0.4 is 10.5 Å². The third-order valence-electron chi connectivity index (χ3n) is 2.11. The van der Waals surface area contributed by atoms with Crippen LogP contribution in [0.3, 0.4) is 0 Å². The van der Waals surface area contributed by atoms with E-state index in [1.807, 2.05) is 0 Å². The fourth-order valence-corrected chi connectivity index (χ4v) is 2.26. The Morgan fingerprint density at radius 1 is 1.59 bits per heavy atom. The van der Waals surface area contributed by atoms with Crippen LogP contribution in [0.5, 0.6) is 0 Å². The van der Waals surface area contributed by atoms with Gasteiger partial charge in [0.1, 0.15) is 10.7 Å². The molecule has 0 aliphatic carbocycles. The Morgan fingerprint density at radius 2 is 2.29 bits per heavy atom. The molecule has 1 unspecified atom stereocenters. The number of nitrogens with one attached hydrogen (secondary N) is 2. The highest BCUT2D eigenvalue weighted by molar-refractivity contribution is 7.89. The molecule has 1 heterocycles. The number of hydrogen-bond acceptors (Lipinski definition) is 6. The zero-order valence-corrected chi connectivity index (χ0v) is 10.5. The molecule has 1 atom stereocenters. The molecule has 0 radical (unpaired) electrons. The van der Waals surface area contributed by atoms with Crippen LogP contribution in [0, 0.1) is 0 Å². The van der Waals surface area contributed by atoms with Gasteiger partial charge in [0.25, 0.3) is 0 Å². The van der Waals surface area contributed by atoms with Crippen molar-refractivity contribution in [1.82, 2.24) is 14.9 Å². The molecule has 0 saturated carbocycles. The van der Waals surface area contributed by atoms with Crippen LogP contribution in [0.1, 0.15) is 0 Å². The highest BCUT2D eigenvalue weighted by Gasteiger charge is 2.20. The number of nitrogens with two attached hydrogens (primary N) is 1. The number of aromatic nitrogens is 2. The number of aromatic amines is 1. The van der Waals surface area contributed by atoms with Gasteiger partial charge in [-0.1, -0.05) is 0 Å². The van der Waals surface area contributed by atoms with Gasteiger partial charge in [0.15, 0.2) is 0 Å². The van der Waals surface area contributed by atoms with Crippen molar-refractivity contribution in [2.75, 3.05) is 33.1 Å². The van der Waals surface area contributed by atoms with Gasteiger partial charge < -0.3 is 15.2 Å². The van der Waals surface area contributed by atoms with Crippen LogP contribution in [-0.4, -0.2) is 52.1 Å². The smallest absolute Gasteiger partial charge is 0.245 e. The number of nitrogens with zero attached hydrogens (tertiary/aromatic N) is 1. The molecule has 0 fully saturated rings. The molecule has 17 heavy (non-hydrogen) atoms. The fraction of sp³-hybridized carbons (Fsp3) is 0.625. The lowest BCUT2D eigenvalue weighted by atomic mass is 10.4. The van der Waals surface area contributed by atoms with Crippen LogP contribution >= 0.6 is 0 Å². The van der Waals surface area contributed by atoms with E-state index in [1.54, 1.807) is 0 Å². The van der Waals surface area contributed by atoms with Crippen LogP contribution in [0.4, 0.5) is 5.82 Å². The summed E-state index contributed by atoms with van der Waals surface area (Å²) >= 11 is 0. The van der Waals surface area contributed by atoms with Crippen LogP contribution in [-0.2, 0) is 19.5 Å². The summed E-state index contributed by atoms with van der Waals surface area (Å²) in [6.45, 7) is 0.386. The summed E-state index contributed by atoms with van der Waals surface area (Å²) in [4.78, 5) is -0.0789. The molecule has 4 N–H and O–H groups in total. The number of rotatable bonds is 7. The summed E-state index contributed by atoms with van der Waals surface area (Å²) in [5, 5.41) is 5.90. The lowest BCUT2D eigenvalue weighted by Crippen LogP contribution is -2.35. The minimum Gasteiger partial charge on any atom is -0.383 e. The second-order valence-electron chi connectivity index (χ2n) is 3.31. The maximum absolute atomic E-state index is 11.8. The summed E-state index contributed by atoms with van der Waals surface area (Å²) < 4.78 is 35.8. The van der Waals surface area contributed by atoms with E-state index in [2.05, 4.69) is 14.9 Å². The van der Waals surface area contributed by atoms with Crippen molar-refractivity contribution in [2.45, 2.75) is 11.0 Å². The number of sulfonamides is 1. The third-order valence-corrected chi connectivity index (χ3v) is 3.56. The quantitative estimate of drug-likeness (QED) is 0.577. The number of nitrogen functional groups attached to an aromatic ring is 1. The molecular formula is C8H16N4O4S. The average Bonchev–Trinajstić information content (AvgIpc) is 2.71. The molecule has 0 spiro atoms. The topological polar surface area (TPSA) is 119 Å². The Labute approximate surface area is 99.5 Å². The van der Waals surface area contributed by atoms with Gasteiger partial charge in [-0.3, -0.25) is 5.10 Å². The highest BCUT2D eigenvalue weighted by Crippen LogP contribution is 2.13. The summed E-state index contributed by atoms with van der Waals surface area (Å²) in [6, 6.07) is 0. The van der Waals surface area contributed by atoms with Crippen molar-refractivity contribution >= 4 is 15.8 Å². The van der Waals surface area contributed by atoms with Gasteiger partial charge in [0.2, 0.25) is 10.0 Å². The Bertz CT molecular complexity index is 444. The third kappa shape index (κ3) is 3.66. The minimum atomic E-state index is -3.68. The fourth-order valence-electron chi connectivity index (χ4n) is 1.18. The molecule has 0 aliphatic heterocycles. The maximum atomic E-state index is 11.8. The molecule has 0 aromatic carbocycles. The van der Waals surface area contributed by atoms with Crippen molar-refractivity contribution in [2.24, 2.45) is 0 Å². The van der Waals surface area contributed by atoms with Crippen molar-refractivity contribution in [3.05, 3.63) is 6.20 Å². The molecule has 1 aromatic rings. The molecule has 9 heteroatoms. The number of H-pyrrole nitrogens is 1. The number of ether oxygens (including phenoxy) is 2. The number of methoxy groups -OCH3 is 2. The van der Waals surface area contributed by atoms with Gasteiger partial charge in [0.05, 0.1) is 18.9 Å². The SMILES string of the molecule is COCC(CNS(=O)(=O)c1cn[nH]c1N)OC. The molecule has 0 saturated heterocycles. The molecule has 1 rings (SSSR count). The lowest BCUT2D eigenvalue weighted by Gasteiger charge is -2.14. The van der Waals surface area contributed by atoms with Gasteiger partial charge >= 0.3 is 0 Å². The van der Waals surface area contributed by atoms with Crippen molar-refractivity contribution in [1.29, 1.82) is 0 Å². The largest absolute Gasteiger partial charge is 0.383 e. The van der Waals surface area contributed by atoms with Crippen LogP contribution in [0.2, 0.25) is 0 Å². The Hall–Kier alpha value is -1.16. The molecule has 1 aromatic heterocycles. The molecular weight excluding hydrogens is 248 g/mol. The van der Waals surface area contributed by atoms with Crippen molar-refractivity contribution < 1.29 is 17.9 Å². The van der Waals surface area contributed by atoms with Gasteiger partial charge in [-0.15, -0.1) is 0 Å². The van der Waals surface area contributed by atoms with Crippen molar-refractivity contribution in [3.63, 3.8) is 0 Å². The molecule has 0 bridgehead atoms. The normalized spacial score (nSPS) is 13.8. The standard InChI is InChI=1S/C8H16N4O4S/c1-15-5-6(16-2)3-11-17(13,14)7-4-10-12-8(7)9/h4,6,11H,3,5H2,1-2H3,(H3,9,10,12). The number of anilines is 1. The summed E-state index contributed by atoms with van der Waals surface area (Å²) in [5.41, 5.74) is 5.43. The highest BCUT2D eigenvalue weighted by atomic mass is 32.2. The molecule has 98 valence electrons. The summed E-state index contributed by atoms with van der Waals surface area (Å²) in [7, 11) is -0.690. The van der Waals surface area contributed by atoms with E-state index in [1.165, 1.54) is 14.2 Å². The zero-order valence-electron chi connectivity index (χ0n) is 9.63. The van der Waals surface area contributed by atoms with E-state index in [0.29, 0.717) is 6.61 Å². The zero-order chi connectivity index (χ0) is 12.9. The van der Waals surface area contributed by atoms with Gasteiger partial charge in [0, 0.05) is 20.8 Å². The maximum Gasteiger partial charge on any atom is 0.245 e. The van der Waals surface area contributed by atoms with Crippen LogP contribution in [0.15, 0.2) is 11.1 Å². The summed E-state index contributed by atoms with van der Waals surface area (Å²) in [5.74, 6) is -0.00166. The van der Waals surface area contributed by atoms with E-state index in [0.717, 1.165) is 6.20 Å². The molecule has 8 nitrogen and oxygen atoms in total. The van der Waals surface area contributed by atoms with E-state index in [-0.39, 0.29) is 23.4 Å². The first kappa shape index (κ1) is 13.9. The van der Waals surface area contributed by atoms with E-state index in [4.69, 9.17) is 15.2 Å². The monoisotopic (exact) mass is 264 g/mol. The number of hydrogen-bond donors (Lipinski definition) is 3. The molecule has 0 amide bonds. The molecule has 0 aliphatic rings. The predicted octanol–water partition coefficient (Wildman–Crippen LogP) is -1.07. The van der Waals surface area contributed by atoms with E-state index in [9.17, 15) is 8.42 Å². The van der Waals surface area contributed by atoms with E-state index >= 15 is 0 Å².